The van der Waals surface area contributed by atoms with Gasteiger partial charge in [-0.1, -0.05) is 30.5 Å². The Morgan fingerprint density at radius 3 is 2.35 bits per heavy atom. The monoisotopic (exact) mass is 581 g/mol. The Hall–Kier alpha value is -2.35. The molecular formula is C32H40ClN3O3S. The van der Waals surface area contributed by atoms with Crippen LogP contribution in [0.15, 0.2) is 52.2 Å². The van der Waals surface area contributed by atoms with Crippen LogP contribution in [0.2, 0.25) is 5.02 Å². The molecular weight excluding hydrogens is 542 g/mol. The van der Waals surface area contributed by atoms with Gasteiger partial charge in [0.05, 0.1) is 15.7 Å². The molecule has 1 aliphatic heterocycles. The average Bonchev–Trinajstić information content (AvgIpc) is 3.44. The van der Waals surface area contributed by atoms with Crippen LogP contribution in [0.1, 0.15) is 76.8 Å². The van der Waals surface area contributed by atoms with Crippen molar-refractivity contribution in [3.05, 3.63) is 63.4 Å². The van der Waals surface area contributed by atoms with Crippen LogP contribution in [-0.4, -0.2) is 42.3 Å². The number of pyridine rings is 1. The van der Waals surface area contributed by atoms with Gasteiger partial charge in [0.25, 0.3) is 5.56 Å². The van der Waals surface area contributed by atoms with E-state index in [2.05, 4.69) is 24.1 Å². The van der Waals surface area contributed by atoms with E-state index in [1.807, 2.05) is 35.8 Å². The lowest BCUT2D eigenvalue weighted by Gasteiger charge is -2.52. The SMILES string of the molecule is Cc1cc(S(=O)(=O)C2CC3(CCN(C(C)C)CC3)C2)ccc1Nc1ccc2cc(Cl)c(=O)n(C3CCCC3)c2c1. The number of likely N-dealkylation sites (tertiary alicyclic amines) is 1. The van der Waals surface area contributed by atoms with E-state index in [4.69, 9.17) is 11.6 Å². The summed E-state index contributed by atoms with van der Waals surface area (Å²) in [5.41, 5.74) is 3.54. The molecule has 2 aromatic carbocycles. The van der Waals surface area contributed by atoms with Gasteiger partial charge in [0, 0.05) is 28.8 Å². The van der Waals surface area contributed by atoms with Crippen molar-refractivity contribution in [3.8, 4) is 0 Å². The van der Waals surface area contributed by atoms with E-state index in [0.29, 0.717) is 10.9 Å². The second-order valence-electron chi connectivity index (χ2n) is 12.7. The normalized spacial score (nSPS) is 20.4. The molecule has 6 nitrogen and oxygen atoms in total. The van der Waals surface area contributed by atoms with Crippen molar-refractivity contribution in [2.24, 2.45) is 5.41 Å². The Balaban J connectivity index is 1.20. The molecule has 0 radical (unpaired) electrons. The van der Waals surface area contributed by atoms with Crippen LogP contribution in [0.25, 0.3) is 10.9 Å². The van der Waals surface area contributed by atoms with Gasteiger partial charge < -0.3 is 14.8 Å². The van der Waals surface area contributed by atoms with Gasteiger partial charge >= 0.3 is 0 Å². The number of anilines is 2. The largest absolute Gasteiger partial charge is 0.355 e. The highest BCUT2D eigenvalue weighted by Crippen LogP contribution is 2.53. The molecule has 1 N–H and O–H groups in total. The van der Waals surface area contributed by atoms with Crippen molar-refractivity contribution < 1.29 is 8.42 Å². The number of nitrogens with zero attached hydrogens (tertiary/aromatic N) is 2. The van der Waals surface area contributed by atoms with Crippen molar-refractivity contribution in [3.63, 3.8) is 0 Å². The van der Waals surface area contributed by atoms with Gasteiger partial charge in [-0.15, -0.1) is 0 Å². The Morgan fingerprint density at radius 2 is 1.70 bits per heavy atom. The highest BCUT2D eigenvalue weighted by Gasteiger charge is 2.51. The second kappa shape index (κ2) is 10.5. The van der Waals surface area contributed by atoms with Gasteiger partial charge in [-0.2, -0.15) is 0 Å². The van der Waals surface area contributed by atoms with Crippen molar-refractivity contribution in [1.29, 1.82) is 0 Å². The Labute approximate surface area is 242 Å². The molecule has 3 aliphatic rings. The van der Waals surface area contributed by atoms with Gasteiger partial charge in [-0.3, -0.25) is 4.79 Å². The first kappa shape index (κ1) is 27.8. The zero-order valence-corrected chi connectivity index (χ0v) is 25.3. The van der Waals surface area contributed by atoms with E-state index in [1.165, 1.54) is 0 Å². The number of aryl methyl sites for hydroxylation is 1. The topological polar surface area (TPSA) is 71.4 Å². The predicted molar refractivity (Wildman–Crippen MR) is 164 cm³/mol. The summed E-state index contributed by atoms with van der Waals surface area (Å²) >= 11 is 6.31. The van der Waals surface area contributed by atoms with E-state index in [9.17, 15) is 13.2 Å². The number of rotatable bonds is 6. The lowest BCUT2D eigenvalue weighted by molar-refractivity contribution is 0.0246. The molecule has 2 heterocycles. The van der Waals surface area contributed by atoms with E-state index < -0.39 is 9.84 Å². The predicted octanol–water partition coefficient (Wildman–Crippen LogP) is 7.25. The number of piperidine rings is 1. The molecule has 2 aliphatic carbocycles. The number of fused-ring (bicyclic) bond motifs is 1. The number of aromatic nitrogens is 1. The summed E-state index contributed by atoms with van der Waals surface area (Å²) in [6.07, 6.45) is 7.98. The summed E-state index contributed by atoms with van der Waals surface area (Å²) in [7, 11) is -3.36. The second-order valence-corrected chi connectivity index (χ2v) is 15.3. The van der Waals surface area contributed by atoms with Crippen LogP contribution < -0.4 is 10.9 Å². The third-order valence-corrected chi connectivity index (χ3v) is 12.2. The van der Waals surface area contributed by atoms with Crippen LogP contribution >= 0.6 is 11.6 Å². The molecule has 2 saturated carbocycles. The number of hydrogen-bond donors (Lipinski definition) is 1. The fraction of sp³-hybridized carbons (Fsp3) is 0.531. The number of benzene rings is 2. The molecule has 0 unspecified atom stereocenters. The van der Waals surface area contributed by atoms with Crippen molar-refractivity contribution in [2.45, 2.75) is 94.4 Å². The minimum Gasteiger partial charge on any atom is -0.355 e. The lowest BCUT2D eigenvalue weighted by atomic mass is 9.63. The summed E-state index contributed by atoms with van der Waals surface area (Å²) < 4.78 is 28.9. The summed E-state index contributed by atoms with van der Waals surface area (Å²) in [5, 5.41) is 4.38. The number of hydrogen-bond acceptors (Lipinski definition) is 5. The molecule has 6 rings (SSSR count). The summed E-state index contributed by atoms with van der Waals surface area (Å²) in [5.74, 6) is 0. The van der Waals surface area contributed by atoms with Crippen molar-refractivity contribution in [1.82, 2.24) is 9.47 Å². The molecule has 1 saturated heterocycles. The zero-order valence-electron chi connectivity index (χ0n) is 23.7. The molecule has 3 fully saturated rings. The van der Waals surface area contributed by atoms with Crippen LogP contribution in [-0.2, 0) is 9.84 Å². The third-order valence-electron chi connectivity index (χ3n) is 9.84. The van der Waals surface area contributed by atoms with Gasteiger partial charge in [-0.25, -0.2) is 8.42 Å². The van der Waals surface area contributed by atoms with Crippen molar-refractivity contribution in [2.75, 3.05) is 18.4 Å². The third kappa shape index (κ3) is 4.99. The molecule has 0 bridgehead atoms. The highest BCUT2D eigenvalue weighted by atomic mass is 35.5. The molecule has 40 heavy (non-hydrogen) atoms. The Bertz CT molecular complexity index is 1590. The quantitative estimate of drug-likeness (QED) is 0.332. The molecule has 0 atom stereocenters. The summed E-state index contributed by atoms with van der Waals surface area (Å²) in [4.78, 5) is 15.9. The number of sulfone groups is 1. The van der Waals surface area contributed by atoms with Gasteiger partial charge in [0.2, 0.25) is 0 Å². The maximum absolute atomic E-state index is 13.5. The highest BCUT2D eigenvalue weighted by molar-refractivity contribution is 7.92. The van der Waals surface area contributed by atoms with Crippen LogP contribution in [0.5, 0.6) is 0 Å². The first-order chi connectivity index (χ1) is 19.1. The first-order valence-corrected chi connectivity index (χ1v) is 16.7. The molecule has 1 aromatic heterocycles. The fourth-order valence-electron chi connectivity index (χ4n) is 7.25. The Kier molecular flexibility index (Phi) is 7.29. The minimum atomic E-state index is -3.36. The van der Waals surface area contributed by atoms with Crippen molar-refractivity contribution >= 4 is 43.7 Å². The van der Waals surface area contributed by atoms with E-state index in [1.54, 1.807) is 18.2 Å². The smallest absolute Gasteiger partial charge is 0.270 e. The standard InChI is InChI=1S/C32H40ClN3O3S/c1-21(2)35-14-12-32(13-15-35)19-27(20-32)40(38,39)26-10-11-29(22(3)16-26)34-24-9-8-23-17-28(33)31(37)36(30(23)18-24)25-6-4-5-7-25/h8-11,16-18,21,25,27,34H,4-7,12-15,19-20H2,1-3H3. The van der Waals surface area contributed by atoms with Crippen LogP contribution in [0.3, 0.4) is 0 Å². The Morgan fingerprint density at radius 1 is 1.00 bits per heavy atom. The van der Waals surface area contributed by atoms with Crippen LogP contribution in [0.4, 0.5) is 11.4 Å². The molecule has 214 valence electrons. The lowest BCUT2D eigenvalue weighted by Crippen LogP contribution is -2.52. The van der Waals surface area contributed by atoms with E-state index in [0.717, 1.165) is 92.3 Å². The van der Waals surface area contributed by atoms with Gasteiger partial charge in [-0.05, 0) is 120 Å². The summed E-state index contributed by atoms with van der Waals surface area (Å²) in [6, 6.07) is 13.9. The van der Waals surface area contributed by atoms with E-state index >= 15 is 0 Å². The molecule has 8 heteroatoms. The number of halogens is 1. The number of nitrogens with one attached hydrogen (secondary N) is 1. The average molecular weight is 582 g/mol. The fourth-order valence-corrected chi connectivity index (χ4v) is 9.59. The van der Waals surface area contributed by atoms with Gasteiger partial charge in [0.15, 0.2) is 9.84 Å². The molecule has 3 aromatic rings. The minimum absolute atomic E-state index is 0.132. The van der Waals surface area contributed by atoms with Crippen LogP contribution in [0, 0.1) is 12.3 Å². The molecule has 0 amide bonds. The van der Waals surface area contributed by atoms with E-state index in [-0.39, 0.29) is 27.3 Å². The first-order valence-electron chi connectivity index (χ1n) is 14.8. The maximum atomic E-state index is 13.5. The molecule has 1 spiro atoms. The summed E-state index contributed by atoms with van der Waals surface area (Å²) in [6.45, 7) is 8.56. The zero-order chi connectivity index (χ0) is 28.2. The maximum Gasteiger partial charge on any atom is 0.270 e. The van der Waals surface area contributed by atoms with Gasteiger partial charge in [0.1, 0.15) is 5.02 Å².